The van der Waals surface area contributed by atoms with Crippen LogP contribution in [-0.4, -0.2) is 62.1 Å². The van der Waals surface area contributed by atoms with Crippen molar-refractivity contribution in [2.45, 2.75) is 12.5 Å². The second-order valence-electron chi connectivity index (χ2n) is 5.64. The van der Waals surface area contributed by atoms with Gasteiger partial charge in [0.25, 0.3) is 0 Å². The summed E-state index contributed by atoms with van der Waals surface area (Å²) >= 11 is 0. The molecule has 25 heavy (non-hydrogen) atoms. The third-order valence-electron chi connectivity index (χ3n) is 4.00. The van der Waals surface area contributed by atoms with Crippen LogP contribution in [0, 0.1) is 0 Å². The summed E-state index contributed by atoms with van der Waals surface area (Å²) in [5.74, 6) is 1.34. The number of ether oxygens (including phenoxy) is 1. The maximum atomic E-state index is 11.5. The number of amides is 3. The predicted octanol–water partition coefficient (Wildman–Crippen LogP) is 0.325. The lowest BCUT2D eigenvalue weighted by molar-refractivity contribution is -0.124. The fraction of sp³-hybridized carbons (Fsp3) is 0.438. The number of para-hydroxylation sites is 1. The minimum absolute atomic E-state index is 0. The van der Waals surface area contributed by atoms with Gasteiger partial charge in [-0.2, -0.15) is 0 Å². The normalized spacial score (nSPS) is 19.0. The van der Waals surface area contributed by atoms with Crippen LogP contribution in [0.3, 0.4) is 0 Å². The van der Waals surface area contributed by atoms with Crippen molar-refractivity contribution >= 4 is 41.9 Å². The zero-order valence-electron chi connectivity index (χ0n) is 13.9. The molecule has 9 heteroatoms. The summed E-state index contributed by atoms with van der Waals surface area (Å²) < 4.78 is 5.86. The number of hydrogen-bond acceptors (Lipinski definition) is 4. The van der Waals surface area contributed by atoms with E-state index < -0.39 is 0 Å². The largest absolute Gasteiger partial charge is 0.488 e. The first-order valence-electron chi connectivity index (χ1n) is 7.94. The van der Waals surface area contributed by atoms with Gasteiger partial charge < -0.3 is 20.7 Å². The zero-order valence-corrected chi connectivity index (χ0v) is 16.3. The van der Waals surface area contributed by atoms with Crippen molar-refractivity contribution in [2.24, 2.45) is 4.99 Å². The van der Waals surface area contributed by atoms with Gasteiger partial charge in [-0.05, 0) is 11.6 Å². The third kappa shape index (κ3) is 4.74. The Balaban J connectivity index is 0.00000225. The number of carbonyl (C=O) groups is 2. The van der Waals surface area contributed by atoms with Gasteiger partial charge in [0.1, 0.15) is 11.9 Å². The molecule has 2 aliphatic heterocycles. The number of urea groups is 1. The molecule has 3 N–H and O–H groups in total. The van der Waals surface area contributed by atoms with E-state index in [-0.39, 0.29) is 48.6 Å². The molecular formula is C16H22IN5O3. The second-order valence-corrected chi connectivity index (χ2v) is 5.64. The zero-order chi connectivity index (χ0) is 16.9. The highest BCUT2D eigenvalue weighted by Crippen LogP contribution is 2.27. The predicted molar refractivity (Wildman–Crippen MR) is 104 cm³/mol. The number of hydrogen-bond donors (Lipinski definition) is 3. The number of imide groups is 1. The number of guanidine groups is 1. The Morgan fingerprint density at radius 1 is 1.36 bits per heavy atom. The van der Waals surface area contributed by atoms with Gasteiger partial charge in [0, 0.05) is 26.6 Å². The maximum absolute atomic E-state index is 11.5. The van der Waals surface area contributed by atoms with Crippen LogP contribution < -0.4 is 20.7 Å². The van der Waals surface area contributed by atoms with Crippen LogP contribution in [0.2, 0.25) is 0 Å². The van der Waals surface area contributed by atoms with Crippen LogP contribution in [0.4, 0.5) is 4.79 Å². The lowest BCUT2D eigenvalue weighted by atomic mass is 10.1. The standard InChI is InChI=1S/C16H21N5O3.HI/c1-17-15(18-6-7-21-14(22)10-20-16(21)23)19-9-12-8-11-4-2-3-5-13(11)24-12;/h2-5,12H,6-10H2,1H3,(H,20,23)(H2,17,18,19);1H. The highest BCUT2D eigenvalue weighted by Gasteiger charge is 2.27. The molecule has 1 unspecified atom stereocenters. The topological polar surface area (TPSA) is 95.1 Å². The molecule has 0 aromatic heterocycles. The van der Waals surface area contributed by atoms with E-state index in [1.807, 2.05) is 18.2 Å². The number of rotatable bonds is 5. The summed E-state index contributed by atoms with van der Waals surface area (Å²) in [4.78, 5) is 28.3. The fourth-order valence-corrected chi connectivity index (χ4v) is 2.77. The molecular weight excluding hydrogens is 437 g/mol. The Bertz CT molecular complexity index is 626. The van der Waals surface area contributed by atoms with Crippen molar-refractivity contribution in [3.63, 3.8) is 0 Å². The SMILES string of the molecule is CN=C(NCCN1C(=O)CNC1=O)NCC1Cc2ccccc2O1.I. The van der Waals surface area contributed by atoms with Crippen LogP contribution in [0.5, 0.6) is 5.75 Å². The van der Waals surface area contributed by atoms with Gasteiger partial charge in [-0.15, -0.1) is 24.0 Å². The first-order valence-corrected chi connectivity index (χ1v) is 7.94. The molecule has 0 spiro atoms. The van der Waals surface area contributed by atoms with E-state index in [0.29, 0.717) is 25.6 Å². The Morgan fingerprint density at radius 2 is 2.16 bits per heavy atom. The maximum Gasteiger partial charge on any atom is 0.324 e. The number of carbonyl (C=O) groups excluding carboxylic acids is 2. The number of halogens is 1. The monoisotopic (exact) mass is 459 g/mol. The van der Waals surface area contributed by atoms with Crippen LogP contribution in [-0.2, 0) is 11.2 Å². The first-order chi connectivity index (χ1) is 11.7. The van der Waals surface area contributed by atoms with Crippen LogP contribution in [0.15, 0.2) is 29.3 Å². The van der Waals surface area contributed by atoms with Gasteiger partial charge in [0.2, 0.25) is 5.91 Å². The summed E-state index contributed by atoms with van der Waals surface area (Å²) in [5.41, 5.74) is 1.21. The van der Waals surface area contributed by atoms with Crippen molar-refractivity contribution in [3.05, 3.63) is 29.8 Å². The molecule has 2 aliphatic rings. The van der Waals surface area contributed by atoms with Crippen molar-refractivity contribution in [2.75, 3.05) is 33.2 Å². The van der Waals surface area contributed by atoms with Gasteiger partial charge >= 0.3 is 6.03 Å². The van der Waals surface area contributed by atoms with Gasteiger partial charge in [-0.3, -0.25) is 14.7 Å². The Labute approximate surface area is 163 Å². The molecule has 1 atom stereocenters. The summed E-state index contributed by atoms with van der Waals surface area (Å²) in [5, 5.41) is 8.79. The average Bonchev–Trinajstić information content (AvgIpc) is 3.14. The van der Waals surface area contributed by atoms with Crippen molar-refractivity contribution in [1.82, 2.24) is 20.9 Å². The van der Waals surface area contributed by atoms with E-state index in [9.17, 15) is 9.59 Å². The van der Waals surface area contributed by atoms with E-state index in [2.05, 4.69) is 27.0 Å². The van der Waals surface area contributed by atoms with E-state index in [1.54, 1.807) is 7.05 Å². The summed E-state index contributed by atoms with van der Waals surface area (Å²) in [7, 11) is 1.67. The fourth-order valence-electron chi connectivity index (χ4n) is 2.77. The Hall–Kier alpha value is -2.04. The summed E-state index contributed by atoms with van der Waals surface area (Å²) in [6.07, 6.45) is 0.926. The highest BCUT2D eigenvalue weighted by molar-refractivity contribution is 14.0. The average molecular weight is 459 g/mol. The second kappa shape index (κ2) is 8.88. The lowest BCUT2D eigenvalue weighted by Crippen LogP contribution is -2.45. The van der Waals surface area contributed by atoms with Crippen molar-refractivity contribution < 1.29 is 14.3 Å². The van der Waals surface area contributed by atoms with Crippen molar-refractivity contribution in [1.29, 1.82) is 0 Å². The minimum Gasteiger partial charge on any atom is -0.488 e. The molecule has 8 nitrogen and oxygen atoms in total. The van der Waals surface area contributed by atoms with E-state index in [4.69, 9.17) is 4.74 Å². The minimum atomic E-state index is -0.345. The highest BCUT2D eigenvalue weighted by atomic mass is 127. The number of nitrogens with zero attached hydrogens (tertiary/aromatic N) is 2. The van der Waals surface area contributed by atoms with E-state index >= 15 is 0 Å². The van der Waals surface area contributed by atoms with Gasteiger partial charge in [0.15, 0.2) is 5.96 Å². The first kappa shape index (κ1) is 19.3. The molecule has 3 rings (SSSR count). The molecule has 3 amide bonds. The molecule has 1 aromatic carbocycles. The molecule has 0 aliphatic carbocycles. The van der Waals surface area contributed by atoms with Crippen LogP contribution >= 0.6 is 24.0 Å². The molecule has 0 saturated carbocycles. The number of fused-ring (bicyclic) bond motifs is 1. The molecule has 2 heterocycles. The Morgan fingerprint density at radius 3 is 2.84 bits per heavy atom. The van der Waals surface area contributed by atoms with E-state index in [1.165, 1.54) is 10.5 Å². The molecule has 1 fully saturated rings. The van der Waals surface area contributed by atoms with Crippen LogP contribution in [0.25, 0.3) is 0 Å². The Kier molecular flexibility index (Phi) is 6.85. The molecule has 0 bridgehead atoms. The smallest absolute Gasteiger partial charge is 0.324 e. The van der Waals surface area contributed by atoms with Gasteiger partial charge in [0.05, 0.1) is 13.1 Å². The molecule has 1 aromatic rings. The number of benzene rings is 1. The molecule has 136 valence electrons. The summed E-state index contributed by atoms with van der Waals surface area (Å²) in [6.45, 7) is 1.43. The van der Waals surface area contributed by atoms with Gasteiger partial charge in [-0.1, -0.05) is 18.2 Å². The number of nitrogens with one attached hydrogen (secondary N) is 3. The van der Waals surface area contributed by atoms with E-state index in [0.717, 1.165) is 12.2 Å². The number of aliphatic imine (C=N–C) groups is 1. The molecule has 1 saturated heterocycles. The molecule has 0 radical (unpaired) electrons. The quantitative estimate of drug-likeness (QED) is 0.255. The third-order valence-corrected chi connectivity index (χ3v) is 4.00. The van der Waals surface area contributed by atoms with Gasteiger partial charge in [-0.25, -0.2) is 4.79 Å². The van der Waals surface area contributed by atoms with Crippen LogP contribution in [0.1, 0.15) is 5.56 Å². The summed E-state index contributed by atoms with van der Waals surface area (Å²) in [6, 6.07) is 7.67. The lowest BCUT2D eigenvalue weighted by Gasteiger charge is -2.17. The van der Waals surface area contributed by atoms with Crippen molar-refractivity contribution in [3.8, 4) is 5.75 Å².